The lowest BCUT2D eigenvalue weighted by Crippen LogP contribution is -2.51. The topological polar surface area (TPSA) is 86.8 Å². The minimum atomic E-state index is -4.16. The molecule has 0 fully saturated rings. The Hall–Kier alpha value is -2.78. The predicted molar refractivity (Wildman–Crippen MR) is 157 cm³/mol. The maximum absolute atomic E-state index is 13.9. The number of nitrogens with zero attached hydrogens (tertiary/aromatic N) is 2. The second-order valence-electron chi connectivity index (χ2n) is 8.84. The molecule has 2 amide bonds. The maximum Gasteiger partial charge on any atom is 0.264 e. The summed E-state index contributed by atoms with van der Waals surface area (Å²) in [5.41, 5.74) is 0.693. The first kappa shape index (κ1) is 30.8. The second kappa shape index (κ2) is 14.0. The van der Waals surface area contributed by atoms with Crippen LogP contribution in [0.25, 0.3) is 0 Å². The maximum atomic E-state index is 13.9. The van der Waals surface area contributed by atoms with Crippen LogP contribution in [0.2, 0.25) is 15.1 Å². The monoisotopic (exact) mass is 609 g/mol. The van der Waals surface area contributed by atoms with Crippen LogP contribution in [0.15, 0.2) is 77.7 Å². The Balaban J connectivity index is 2.02. The van der Waals surface area contributed by atoms with Crippen molar-refractivity contribution in [2.24, 2.45) is 0 Å². The molecule has 0 saturated carbocycles. The number of carbonyl (C=O) groups excluding carboxylic acids is 2. The number of halogens is 3. The number of hydrogen-bond donors (Lipinski definition) is 1. The number of benzene rings is 3. The van der Waals surface area contributed by atoms with Crippen molar-refractivity contribution >= 4 is 62.3 Å². The van der Waals surface area contributed by atoms with Gasteiger partial charge in [-0.05, 0) is 61.9 Å². The largest absolute Gasteiger partial charge is 0.354 e. The van der Waals surface area contributed by atoms with Crippen LogP contribution < -0.4 is 9.62 Å². The van der Waals surface area contributed by atoms with Gasteiger partial charge in [0.05, 0.1) is 10.6 Å². The van der Waals surface area contributed by atoms with E-state index in [1.54, 1.807) is 55.5 Å². The van der Waals surface area contributed by atoms with Crippen molar-refractivity contribution in [2.45, 2.75) is 44.2 Å². The smallest absolute Gasteiger partial charge is 0.264 e. The van der Waals surface area contributed by atoms with E-state index in [2.05, 4.69) is 5.32 Å². The molecule has 7 nitrogen and oxygen atoms in total. The van der Waals surface area contributed by atoms with Crippen LogP contribution in [0.1, 0.15) is 32.3 Å². The summed E-state index contributed by atoms with van der Waals surface area (Å²) < 4.78 is 28.4. The van der Waals surface area contributed by atoms with Gasteiger partial charge in [-0.15, -0.1) is 0 Å². The molecule has 1 atom stereocenters. The number of carbonyl (C=O) groups is 2. The van der Waals surface area contributed by atoms with Gasteiger partial charge in [0.1, 0.15) is 12.6 Å². The van der Waals surface area contributed by atoms with E-state index in [1.807, 2.05) is 6.92 Å². The highest BCUT2D eigenvalue weighted by atomic mass is 35.5. The van der Waals surface area contributed by atoms with E-state index in [-0.39, 0.29) is 23.0 Å². The van der Waals surface area contributed by atoms with Gasteiger partial charge in [0.15, 0.2) is 0 Å². The zero-order valence-corrected chi connectivity index (χ0v) is 24.7. The molecule has 39 heavy (non-hydrogen) atoms. The fourth-order valence-corrected chi connectivity index (χ4v) is 5.91. The second-order valence-corrected chi connectivity index (χ2v) is 12.0. The third kappa shape index (κ3) is 7.88. The van der Waals surface area contributed by atoms with Gasteiger partial charge < -0.3 is 10.2 Å². The number of amides is 2. The van der Waals surface area contributed by atoms with Crippen molar-refractivity contribution in [1.29, 1.82) is 0 Å². The van der Waals surface area contributed by atoms with Crippen LogP contribution >= 0.6 is 34.8 Å². The fraction of sp³-hybridized carbons (Fsp3) is 0.286. The molecule has 11 heteroatoms. The number of sulfonamides is 1. The highest BCUT2D eigenvalue weighted by molar-refractivity contribution is 7.92. The van der Waals surface area contributed by atoms with Crippen LogP contribution in [-0.2, 0) is 26.2 Å². The van der Waals surface area contributed by atoms with Gasteiger partial charge in [-0.1, -0.05) is 72.4 Å². The molecule has 0 aliphatic carbocycles. The summed E-state index contributed by atoms with van der Waals surface area (Å²) in [7, 11) is -4.16. The molecule has 3 rings (SSSR count). The van der Waals surface area contributed by atoms with Crippen LogP contribution in [0.5, 0.6) is 0 Å². The number of unbranched alkanes of at least 4 members (excludes halogenated alkanes) is 1. The van der Waals surface area contributed by atoms with Crippen LogP contribution in [0.3, 0.4) is 0 Å². The van der Waals surface area contributed by atoms with Crippen LogP contribution in [-0.4, -0.2) is 44.3 Å². The SMILES string of the molecule is CCCCNC(=O)[C@H](C)N(Cc1c(Cl)cccc1Cl)C(=O)CN(c1ccc(Cl)cc1)S(=O)(=O)c1ccccc1. The first-order valence-electron chi connectivity index (χ1n) is 12.4. The number of nitrogens with one attached hydrogen (secondary N) is 1. The summed E-state index contributed by atoms with van der Waals surface area (Å²) in [6.07, 6.45) is 1.67. The minimum absolute atomic E-state index is 0.0128. The number of anilines is 1. The van der Waals surface area contributed by atoms with E-state index in [0.29, 0.717) is 27.2 Å². The normalized spacial score (nSPS) is 12.0. The Bertz CT molecular complexity index is 1370. The Morgan fingerprint density at radius 1 is 0.897 bits per heavy atom. The molecule has 208 valence electrons. The van der Waals surface area contributed by atoms with E-state index in [4.69, 9.17) is 34.8 Å². The van der Waals surface area contributed by atoms with E-state index < -0.39 is 28.5 Å². The van der Waals surface area contributed by atoms with Gasteiger partial charge in [0.2, 0.25) is 11.8 Å². The first-order valence-corrected chi connectivity index (χ1v) is 15.0. The molecule has 0 aliphatic heterocycles. The molecule has 3 aromatic carbocycles. The van der Waals surface area contributed by atoms with E-state index in [1.165, 1.54) is 29.2 Å². The molecule has 0 radical (unpaired) electrons. The average Bonchev–Trinajstić information content (AvgIpc) is 2.92. The first-order chi connectivity index (χ1) is 18.6. The zero-order chi connectivity index (χ0) is 28.6. The van der Waals surface area contributed by atoms with Crippen LogP contribution in [0.4, 0.5) is 5.69 Å². The van der Waals surface area contributed by atoms with Crippen molar-refractivity contribution in [2.75, 3.05) is 17.4 Å². The summed E-state index contributed by atoms with van der Waals surface area (Å²) in [6.45, 7) is 3.37. The quantitative estimate of drug-likeness (QED) is 0.248. The summed E-state index contributed by atoms with van der Waals surface area (Å²) in [6, 6.07) is 17.9. The molecule has 0 spiro atoms. The lowest BCUT2D eigenvalue weighted by Gasteiger charge is -2.32. The lowest BCUT2D eigenvalue weighted by atomic mass is 10.1. The summed E-state index contributed by atoms with van der Waals surface area (Å²) in [5.74, 6) is -0.984. The van der Waals surface area contributed by atoms with Gasteiger partial charge >= 0.3 is 0 Å². The molecule has 0 unspecified atom stereocenters. The molecule has 3 aromatic rings. The Morgan fingerprint density at radius 3 is 2.10 bits per heavy atom. The molecule has 1 N–H and O–H groups in total. The minimum Gasteiger partial charge on any atom is -0.354 e. The van der Waals surface area contributed by atoms with Crippen molar-refractivity contribution < 1.29 is 18.0 Å². The molecule has 0 aromatic heterocycles. The zero-order valence-electron chi connectivity index (χ0n) is 21.6. The fourth-order valence-electron chi connectivity index (χ4n) is 3.83. The highest BCUT2D eigenvalue weighted by Gasteiger charge is 2.33. The molecule has 0 aliphatic rings. The van der Waals surface area contributed by atoms with E-state index >= 15 is 0 Å². The average molecular weight is 611 g/mol. The summed E-state index contributed by atoms with van der Waals surface area (Å²) in [4.78, 5) is 28.2. The summed E-state index contributed by atoms with van der Waals surface area (Å²) >= 11 is 18.8. The molecule has 0 bridgehead atoms. The van der Waals surface area contributed by atoms with Crippen molar-refractivity contribution in [3.05, 3.63) is 93.4 Å². The standard InChI is InChI=1S/C28H30Cl3N3O4S/c1-3-4-17-32-28(36)20(2)33(18-24-25(30)11-8-12-26(24)31)27(35)19-34(22-15-13-21(29)14-16-22)39(37,38)23-9-6-5-7-10-23/h5-16,20H,3-4,17-19H2,1-2H3,(H,32,36)/t20-/m0/s1. The predicted octanol–water partition coefficient (Wildman–Crippen LogP) is 6.18. The van der Waals surface area contributed by atoms with Gasteiger partial charge in [0, 0.05) is 33.7 Å². The Labute approximate surface area is 244 Å². The van der Waals surface area contributed by atoms with Crippen molar-refractivity contribution in [3.8, 4) is 0 Å². The van der Waals surface area contributed by atoms with Crippen LogP contribution in [0, 0.1) is 0 Å². The van der Waals surface area contributed by atoms with Crippen molar-refractivity contribution in [3.63, 3.8) is 0 Å². The Morgan fingerprint density at radius 2 is 1.51 bits per heavy atom. The number of hydrogen-bond acceptors (Lipinski definition) is 4. The molecule has 0 saturated heterocycles. The lowest BCUT2D eigenvalue weighted by molar-refractivity contribution is -0.139. The highest BCUT2D eigenvalue weighted by Crippen LogP contribution is 2.28. The third-order valence-electron chi connectivity index (χ3n) is 6.11. The van der Waals surface area contributed by atoms with Gasteiger partial charge in [-0.25, -0.2) is 8.42 Å². The van der Waals surface area contributed by atoms with E-state index in [9.17, 15) is 18.0 Å². The van der Waals surface area contributed by atoms with Gasteiger partial charge in [0.25, 0.3) is 10.0 Å². The summed E-state index contributed by atoms with van der Waals surface area (Å²) in [5, 5.41) is 3.90. The number of rotatable bonds is 12. The molecule has 0 heterocycles. The Kier molecular flexibility index (Phi) is 11.1. The van der Waals surface area contributed by atoms with E-state index in [0.717, 1.165) is 17.1 Å². The van der Waals surface area contributed by atoms with Gasteiger partial charge in [-0.3, -0.25) is 13.9 Å². The molecular formula is C28H30Cl3N3O4S. The third-order valence-corrected chi connectivity index (χ3v) is 8.86. The van der Waals surface area contributed by atoms with Gasteiger partial charge in [-0.2, -0.15) is 0 Å². The molecular weight excluding hydrogens is 581 g/mol. The van der Waals surface area contributed by atoms with Crippen molar-refractivity contribution in [1.82, 2.24) is 10.2 Å².